The number of carbonyl (C=O) groups is 3. The van der Waals surface area contributed by atoms with Gasteiger partial charge in [-0.3, -0.25) is 23.9 Å². The van der Waals surface area contributed by atoms with Gasteiger partial charge in [-0.1, -0.05) is 97.6 Å². The maximum absolute atomic E-state index is 15.4. The van der Waals surface area contributed by atoms with E-state index < -0.39 is 45.7 Å². The van der Waals surface area contributed by atoms with Gasteiger partial charge in [0, 0.05) is 11.6 Å². The van der Waals surface area contributed by atoms with Gasteiger partial charge in [-0.15, -0.1) is 0 Å². The smallest absolute Gasteiger partial charge is 0.330 e. The fourth-order valence-corrected chi connectivity index (χ4v) is 9.16. The van der Waals surface area contributed by atoms with E-state index in [-0.39, 0.29) is 62.8 Å². The van der Waals surface area contributed by atoms with E-state index in [0.717, 1.165) is 42.6 Å². The Morgan fingerprint density at radius 2 is 1.56 bits per heavy atom. The largest absolute Gasteiger partial charge is 0.455 e. The van der Waals surface area contributed by atoms with Gasteiger partial charge in [0.25, 0.3) is 17.4 Å². The molecule has 4 amide bonds. The number of imide groups is 1. The van der Waals surface area contributed by atoms with E-state index in [0.29, 0.717) is 11.3 Å². The number of carbonyl (C=O) groups excluding carboxylic acids is 3. The minimum Gasteiger partial charge on any atom is -0.455 e. The van der Waals surface area contributed by atoms with Crippen molar-refractivity contribution in [2.45, 2.75) is 68.7 Å². The summed E-state index contributed by atoms with van der Waals surface area (Å²) in [6, 6.07) is 30.6. The van der Waals surface area contributed by atoms with Crippen LogP contribution in [0.1, 0.15) is 67.9 Å². The first-order chi connectivity index (χ1) is 30.5. The van der Waals surface area contributed by atoms with Crippen molar-refractivity contribution in [1.82, 2.24) is 24.1 Å². The van der Waals surface area contributed by atoms with Crippen LogP contribution in [0, 0.1) is 0 Å². The van der Waals surface area contributed by atoms with Gasteiger partial charge in [-0.05, 0) is 98.5 Å². The average Bonchev–Trinajstić information content (AvgIpc) is 3.52. The standard InChI is InChI=1S/C47H45ClN6O8S/c1-3-61-46-45(57)54(47(58)52(46)29-30-15-7-4-8-16-30)41(42-50-37-25-23-32(48)27-36(37)44(56)53(42)33-19-11-6-12-20-33)43(55)51-38-28-34(63(59,60)49-2)24-26-40(38)62-39-22-14-13-21-35(39)31-17-9-5-10-18-31/h4,6-8,11-16,19-28,31,41,46,49H,3,5,9-10,17-18,29H2,1-2H3,(H,51,55). The number of ether oxygens (including phenoxy) is 2. The first-order valence-corrected chi connectivity index (χ1v) is 22.6. The third-order valence-electron chi connectivity index (χ3n) is 11.3. The van der Waals surface area contributed by atoms with Gasteiger partial charge < -0.3 is 14.8 Å². The number of rotatable bonds is 14. The summed E-state index contributed by atoms with van der Waals surface area (Å²) in [4.78, 5) is 66.3. The van der Waals surface area contributed by atoms with Crippen molar-refractivity contribution in [2.75, 3.05) is 19.0 Å². The number of hydrogen-bond donors (Lipinski definition) is 2. The lowest BCUT2D eigenvalue weighted by Crippen LogP contribution is -2.45. The minimum absolute atomic E-state index is 0.0408. The Morgan fingerprint density at radius 1 is 0.857 bits per heavy atom. The molecule has 0 bridgehead atoms. The number of urea groups is 1. The van der Waals surface area contributed by atoms with Gasteiger partial charge in [0.05, 0.1) is 33.7 Å². The molecular weight excluding hydrogens is 844 g/mol. The maximum atomic E-state index is 15.4. The molecule has 0 spiro atoms. The molecule has 5 aromatic carbocycles. The quantitative estimate of drug-likeness (QED) is 0.102. The number of sulfonamides is 1. The molecule has 1 saturated carbocycles. The second-order valence-corrected chi connectivity index (χ2v) is 17.6. The SMILES string of the molecule is CCOC1C(=O)N(C(C(=O)Nc2cc(S(=O)(=O)NC)ccc2Oc2ccccc2C2CCCCC2)c2nc3ccc(Cl)cc3c(=O)n2-c2ccccc2)C(=O)N1Cc1ccccc1. The predicted molar refractivity (Wildman–Crippen MR) is 238 cm³/mol. The van der Waals surface area contributed by atoms with Gasteiger partial charge >= 0.3 is 6.03 Å². The first kappa shape index (κ1) is 43.3. The predicted octanol–water partition coefficient (Wildman–Crippen LogP) is 8.29. The van der Waals surface area contributed by atoms with Gasteiger partial charge in [0.1, 0.15) is 11.6 Å². The first-order valence-electron chi connectivity index (χ1n) is 20.7. The van der Waals surface area contributed by atoms with Crippen molar-refractivity contribution >= 4 is 56.1 Å². The molecule has 1 saturated heterocycles. The zero-order chi connectivity index (χ0) is 44.3. The Bertz CT molecular complexity index is 2860. The number of halogens is 1. The molecule has 2 aliphatic rings. The third kappa shape index (κ3) is 8.82. The molecule has 1 aliphatic heterocycles. The summed E-state index contributed by atoms with van der Waals surface area (Å²) in [6.45, 7) is 1.66. The Labute approximate surface area is 369 Å². The van der Waals surface area contributed by atoms with Crippen molar-refractivity contribution in [1.29, 1.82) is 0 Å². The van der Waals surface area contributed by atoms with Gasteiger partial charge in [0.2, 0.25) is 16.3 Å². The summed E-state index contributed by atoms with van der Waals surface area (Å²) < 4.78 is 42.4. The molecule has 2 fully saturated rings. The molecule has 2 atom stereocenters. The van der Waals surface area contributed by atoms with Gasteiger partial charge in [-0.25, -0.2) is 27.8 Å². The summed E-state index contributed by atoms with van der Waals surface area (Å²) in [5.41, 5.74) is 1.34. The highest BCUT2D eigenvalue weighted by Crippen LogP contribution is 2.41. The molecule has 14 nitrogen and oxygen atoms in total. The number of aromatic nitrogens is 2. The highest BCUT2D eigenvalue weighted by atomic mass is 35.5. The summed E-state index contributed by atoms with van der Waals surface area (Å²) >= 11 is 6.37. The van der Waals surface area contributed by atoms with Gasteiger partial charge in [-0.2, -0.15) is 0 Å². The number of amides is 4. The second-order valence-electron chi connectivity index (χ2n) is 15.3. The molecule has 324 valence electrons. The highest BCUT2D eigenvalue weighted by Gasteiger charge is 2.52. The molecule has 1 aromatic heterocycles. The van der Waals surface area contributed by atoms with Crippen LogP contribution in [0.5, 0.6) is 11.5 Å². The number of nitrogens with zero attached hydrogens (tertiary/aromatic N) is 4. The molecule has 8 rings (SSSR count). The van der Waals surface area contributed by atoms with Crippen molar-refractivity contribution in [3.05, 3.63) is 154 Å². The van der Waals surface area contributed by atoms with Crippen LogP contribution >= 0.6 is 11.6 Å². The normalized spacial score (nSPS) is 16.4. The molecule has 1 aliphatic carbocycles. The van der Waals surface area contributed by atoms with Crippen LogP contribution in [0.15, 0.2) is 131 Å². The van der Waals surface area contributed by atoms with Gasteiger partial charge in [0.15, 0.2) is 11.8 Å². The molecule has 63 heavy (non-hydrogen) atoms. The number of hydrogen-bond acceptors (Lipinski definition) is 9. The van der Waals surface area contributed by atoms with Crippen molar-refractivity contribution in [3.8, 4) is 17.2 Å². The molecule has 0 radical (unpaired) electrons. The van der Waals surface area contributed by atoms with Crippen LogP contribution in [-0.2, 0) is 30.9 Å². The van der Waals surface area contributed by atoms with Crippen molar-refractivity contribution in [2.24, 2.45) is 0 Å². The number of nitrogens with one attached hydrogen (secondary N) is 2. The van der Waals surface area contributed by atoms with E-state index in [1.165, 1.54) is 52.9 Å². The van der Waals surface area contributed by atoms with Crippen LogP contribution in [-0.4, -0.2) is 65.5 Å². The second kappa shape index (κ2) is 18.5. The fraction of sp³-hybridized carbons (Fsp3) is 0.255. The number of benzene rings is 5. The summed E-state index contributed by atoms with van der Waals surface area (Å²) in [7, 11) is -2.81. The van der Waals surface area contributed by atoms with Crippen LogP contribution < -0.4 is 20.3 Å². The van der Waals surface area contributed by atoms with Crippen molar-refractivity contribution in [3.63, 3.8) is 0 Å². The monoisotopic (exact) mass is 888 g/mol. The topological polar surface area (TPSA) is 169 Å². The van der Waals surface area contributed by atoms with Crippen LogP contribution in [0.2, 0.25) is 5.02 Å². The molecular formula is C47H45ClN6O8S. The van der Waals surface area contributed by atoms with E-state index in [2.05, 4.69) is 10.0 Å². The van der Waals surface area contributed by atoms with Crippen LogP contribution in [0.3, 0.4) is 0 Å². The minimum atomic E-state index is -4.07. The van der Waals surface area contributed by atoms with E-state index in [1.807, 2.05) is 30.3 Å². The number of anilines is 1. The summed E-state index contributed by atoms with van der Waals surface area (Å²) in [6.07, 6.45) is 3.79. The van der Waals surface area contributed by atoms with Crippen LogP contribution in [0.25, 0.3) is 16.6 Å². The lowest BCUT2D eigenvalue weighted by Gasteiger charge is -2.28. The van der Waals surface area contributed by atoms with E-state index in [9.17, 15) is 22.8 Å². The van der Waals surface area contributed by atoms with Crippen LogP contribution in [0.4, 0.5) is 10.5 Å². The Balaban J connectivity index is 1.31. The Kier molecular flexibility index (Phi) is 12.7. The van der Waals surface area contributed by atoms with Crippen molar-refractivity contribution < 1.29 is 32.3 Å². The number of para-hydroxylation sites is 2. The number of fused-ring (bicyclic) bond motifs is 1. The molecule has 2 heterocycles. The van der Waals surface area contributed by atoms with E-state index >= 15 is 4.79 Å². The molecule has 2 N–H and O–H groups in total. The van der Waals surface area contributed by atoms with E-state index in [4.69, 9.17) is 26.1 Å². The lowest BCUT2D eigenvalue weighted by atomic mass is 9.84. The summed E-state index contributed by atoms with van der Waals surface area (Å²) in [5.74, 6) is -1.35. The van der Waals surface area contributed by atoms with E-state index in [1.54, 1.807) is 61.5 Å². The molecule has 2 unspecified atom stereocenters. The molecule has 16 heteroatoms. The summed E-state index contributed by atoms with van der Waals surface area (Å²) in [5, 5.41) is 3.19. The Hall–Kier alpha value is -6.39. The third-order valence-corrected chi connectivity index (χ3v) is 12.9. The highest BCUT2D eigenvalue weighted by molar-refractivity contribution is 7.89. The molecule has 6 aromatic rings. The zero-order valence-corrected chi connectivity index (χ0v) is 36.1. The zero-order valence-electron chi connectivity index (χ0n) is 34.6. The Morgan fingerprint density at radius 3 is 2.27 bits per heavy atom. The maximum Gasteiger partial charge on any atom is 0.330 e. The fourth-order valence-electron chi connectivity index (χ4n) is 8.23. The lowest BCUT2D eigenvalue weighted by molar-refractivity contribution is -0.145. The average molecular weight is 889 g/mol.